The zero-order valence-electron chi connectivity index (χ0n) is 9.87. The first kappa shape index (κ1) is 11.8. The molecule has 0 saturated carbocycles. The number of anilines is 1. The predicted molar refractivity (Wildman–Crippen MR) is 65.7 cm³/mol. The number of carbonyl (C=O) groups excluding carboxylic acids is 2. The topological polar surface area (TPSA) is 92.5 Å². The van der Waals surface area contributed by atoms with Crippen molar-refractivity contribution >= 4 is 35.0 Å². The normalized spacial score (nSPS) is 19.9. The van der Waals surface area contributed by atoms with E-state index >= 15 is 0 Å². The van der Waals surface area contributed by atoms with Gasteiger partial charge in [0.25, 0.3) is 5.78 Å². The average molecular weight is 281 g/mol. The van der Waals surface area contributed by atoms with Crippen LogP contribution in [0.1, 0.15) is 6.92 Å². The number of piperazine rings is 1. The molecule has 9 heteroatoms. The molecule has 0 aromatic carbocycles. The molecule has 1 aliphatic heterocycles. The Hall–Kier alpha value is -2.22. The van der Waals surface area contributed by atoms with Gasteiger partial charge in [-0.1, -0.05) is 11.6 Å². The zero-order chi connectivity index (χ0) is 13.6. The molecule has 8 nitrogen and oxygen atoms in total. The maximum absolute atomic E-state index is 11.7. The minimum Gasteiger partial charge on any atom is -0.335 e. The maximum Gasteiger partial charge on any atom is 0.255 e. The van der Waals surface area contributed by atoms with E-state index in [2.05, 4.69) is 20.4 Å². The van der Waals surface area contributed by atoms with Gasteiger partial charge in [-0.05, 0) is 6.92 Å². The van der Waals surface area contributed by atoms with Gasteiger partial charge in [-0.3, -0.25) is 14.9 Å². The summed E-state index contributed by atoms with van der Waals surface area (Å²) in [7, 11) is 0. The average Bonchev–Trinajstić information content (AvgIpc) is 2.80. The van der Waals surface area contributed by atoms with Crippen molar-refractivity contribution in [2.75, 3.05) is 11.4 Å². The lowest BCUT2D eigenvalue weighted by atomic mass is 10.2. The largest absolute Gasteiger partial charge is 0.335 e. The summed E-state index contributed by atoms with van der Waals surface area (Å²) in [5.41, 5.74) is 0. The second-order valence-corrected chi connectivity index (χ2v) is 4.51. The molecule has 3 rings (SSSR count). The van der Waals surface area contributed by atoms with Crippen molar-refractivity contribution in [3.05, 3.63) is 17.5 Å². The van der Waals surface area contributed by atoms with Gasteiger partial charge in [0.2, 0.25) is 11.8 Å². The van der Waals surface area contributed by atoms with Crippen LogP contribution in [-0.4, -0.2) is 44.0 Å². The smallest absolute Gasteiger partial charge is 0.255 e. The van der Waals surface area contributed by atoms with Gasteiger partial charge in [0.05, 0.1) is 6.54 Å². The number of nitrogens with zero attached hydrogens (tertiary/aromatic N) is 5. The van der Waals surface area contributed by atoms with Gasteiger partial charge < -0.3 is 4.90 Å². The van der Waals surface area contributed by atoms with Crippen LogP contribution in [0.5, 0.6) is 0 Å². The minimum atomic E-state index is -0.511. The third-order valence-corrected chi connectivity index (χ3v) is 3.11. The van der Waals surface area contributed by atoms with Gasteiger partial charge in [-0.25, -0.2) is 0 Å². The summed E-state index contributed by atoms with van der Waals surface area (Å²) in [5, 5.41) is 6.51. The molecule has 0 spiro atoms. The van der Waals surface area contributed by atoms with E-state index in [9.17, 15) is 9.59 Å². The molecule has 1 atom stereocenters. The number of nitrogens with one attached hydrogen (secondary N) is 1. The van der Waals surface area contributed by atoms with Gasteiger partial charge in [0, 0.05) is 6.07 Å². The molecule has 2 amide bonds. The van der Waals surface area contributed by atoms with Crippen LogP contribution >= 0.6 is 11.6 Å². The van der Waals surface area contributed by atoms with E-state index in [0.29, 0.717) is 11.6 Å². The highest BCUT2D eigenvalue weighted by molar-refractivity contribution is 6.29. The molecule has 1 fully saturated rings. The molecule has 0 bridgehead atoms. The molecule has 1 N–H and O–H groups in total. The summed E-state index contributed by atoms with van der Waals surface area (Å²) in [6.07, 6.45) is 1.33. The minimum absolute atomic E-state index is 0.0439. The molecule has 98 valence electrons. The predicted octanol–water partition coefficient (Wildman–Crippen LogP) is -0.371. The van der Waals surface area contributed by atoms with Crippen LogP contribution in [0.15, 0.2) is 12.4 Å². The fourth-order valence-electron chi connectivity index (χ4n) is 1.97. The van der Waals surface area contributed by atoms with Crippen molar-refractivity contribution < 1.29 is 9.59 Å². The van der Waals surface area contributed by atoms with E-state index in [1.807, 2.05) is 0 Å². The number of hydrogen-bond acceptors (Lipinski definition) is 6. The second-order valence-electron chi connectivity index (χ2n) is 4.13. The molecule has 1 saturated heterocycles. The summed E-state index contributed by atoms with van der Waals surface area (Å²) in [6.45, 7) is 1.74. The SMILES string of the molecule is CC1C(=O)NC(=O)CN1c1cc(Cl)nc2ncnn12. The van der Waals surface area contributed by atoms with Gasteiger partial charge in [0.15, 0.2) is 0 Å². The van der Waals surface area contributed by atoms with Crippen LogP contribution in [0.25, 0.3) is 5.78 Å². The van der Waals surface area contributed by atoms with E-state index in [1.165, 1.54) is 10.8 Å². The Labute approximate surface area is 112 Å². The Morgan fingerprint density at radius 2 is 2.26 bits per heavy atom. The molecule has 19 heavy (non-hydrogen) atoms. The van der Waals surface area contributed by atoms with Crippen LogP contribution < -0.4 is 10.2 Å². The van der Waals surface area contributed by atoms with Crippen LogP contribution in [0.3, 0.4) is 0 Å². The molecule has 0 aliphatic carbocycles. The highest BCUT2D eigenvalue weighted by atomic mass is 35.5. The number of aromatic nitrogens is 4. The number of fused-ring (bicyclic) bond motifs is 1. The Bertz CT molecular complexity index is 684. The first-order chi connectivity index (χ1) is 9.06. The first-order valence-corrected chi connectivity index (χ1v) is 5.90. The van der Waals surface area contributed by atoms with Gasteiger partial charge >= 0.3 is 0 Å². The highest BCUT2D eigenvalue weighted by Gasteiger charge is 2.32. The van der Waals surface area contributed by atoms with Crippen molar-refractivity contribution in [2.24, 2.45) is 0 Å². The number of hydrogen-bond donors (Lipinski definition) is 1. The van der Waals surface area contributed by atoms with Gasteiger partial charge in [-0.2, -0.15) is 19.6 Å². The molecule has 2 aromatic rings. The number of rotatable bonds is 1. The van der Waals surface area contributed by atoms with Crippen molar-refractivity contribution in [1.82, 2.24) is 24.9 Å². The molecule has 3 heterocycles. The fraction of sp³-hybridized carbons (Fsp3) is 0.300. The molecule has 0 radical (unpaired) electrons. The summed E-state index contributed by atoms with van der Waals surface area (Å²) in [4.78, 5) is 32.7. The second kappa shape index (κ2) is 4.16. The standard InChI is InChI=1S/C10H9ClN6O2/c1-5-9(19)15-7(18)3-16(5)8-2-6(11)14-10-12-4-13-17(8)10/h2,4-5H,3H2,1H3,(H,15,18,19). The van der Waals surface area contributed by atoms with E-state index in [1.54, 1.807) is 17.9 Å². The molecule has 2 aromatic heterocycles. The lowest BCUT2D eigenvalue weighted by molar-refractivity contribution is -0.132. The zero-order valence-corrected chi connectivity index (χ0v) is 10.6. The summed E-state index contributed by atoms with van der Waals surface area (Å²) in [6, 6.07) is 1.04. The molecule has 1 unspecified atom stereocenters. The van der Waals surface area contributed by atoms with Crippen LogP contribution in [0, 0.1) is 0 Å². The highest BCUT2D eigenvalue weighted by Crippen LogP contribution is 2.22. The van der Waals surface area contributed by atoms with E-state index < -0.39 is 6.04 Å². The van der Waals surface area contributed by atoms with E-state index in [0.717, 1.165) is 0 Å². The first-order valence-electron chi connectivity index (χ1n) is 5.53. The lowest BCUT2D eigenvalue weighted by Gasteiger charge is -2.33. The number of imide groups is 1. The summed E-state index contributed by atoms with van der Waals surface area (Å²) >= 11 is 5.92. The Kier molecular flexibility index (Phi) is 2.59. The van der Waals surface area contributed by atoms with Crippen molar-refractivity contribution in [3.63, 3.8) is 0 Å². The third-order valence-electron chi connectivity index (χ3n) is 2.92. The monoisotopic (exact) mass is 280 g/mol. The van der Waals surface area contributed by atoms with Crippen molar-refractivity contribution in [1.29, 1.82) is 0 Å². The maximum atomic E-state index is 11.7. The quantitative estimate of drug-likeness (QED) is 0.566. The van der Waals surface area contributed by atoms with E-state index in [-0.39, 0.29) is 23.5 Å². The van der Waals surface area contributed by atoms with Crippen molar-refractivity contribution in [3.8, 4) is 0 Å². The number of halogens is 1. The van der Waals surface area contributed by atoms with Crippen LogP contribution in [0.2, 0.25) is 5.15 Å². The summed E-state index contributed by atoms with van der Waals surface area (Å²) < 4.78 is 1.44. The fourth-order valence-corrected chi connectivity index (χ4v) is 2.14. The van der Waals surface area contributed by atoms with Crippen molar-refractivity contribution in [2.45, 2.75) is 13.0 Å². The lowest BCUT2D eigenvalue weighted by Crippen LogP contribution is -2.57. The Morgan fingerprint density at radius 1 is 1.47 bits per heavy atom. The van der Waals surface area contributed by atoms with Gasteiger partial charge in [0.1, 0.15) is 23.3 Å². The number of carbonyl (C=O) groups is 2. The molecular weight excluding hydrogens is 272 g/mol. The van der Waals surface area contributed by atoms with Gasteiger partial charge in [-0.15, -0.1) is 0 Å². The third kappa shape index (κ3) is 1.89. The number of amides is 2. The van der Waals surface area contributed by atoms with Crippen LogP contribution in [-0.2, 0) is 9.59 Å². The Balaban J connectivity index is 2.14. The summed E-state index contributed by atoms with van der Waals surface area (Å²) in [5.74, 6) is 0.0816. The molecule has 1 aliphatic rings. The van der Waals surface area contributed by atoms with Crippen LogP contribution in [0.4, 0.5) is 5.82 Å². The van der Waals surface area contributed by atoms with E-state index in [4.69, 9.17) is 11.6 Å². The molecular formula is C10H9ClN6O2. The Morgan fingerprint density at radius 3 is 3.05 bits per heavy atom.